The smallest absolute Gasteiger partial charge is 0.114 e. The first-order valence-electron chi connectivity index (χ1n) is 5.24. The number of hydrogen-bond acceptors (Lipinski definition) is 3. The van der Waals surface area contributed by atoms with E-state index in [0.29, 0.717) is 0 Å². The van der Waals surface area contributed by atoms with Gasteiger partial charge < -0.3 is 10.1 Å². The molecule has 1 aliphatic heterocycles. The third-order valence-corrected chi connectivity index (χ3v) is 2.56. The summed E-state index contributed by atoms with van der Waals surface area (Å²) >= 11 is 0. The highest BCUT2D eigenvalue weighted by Crippen LogP contribution is 2.25. The Balaban J connectivity index is 2.26. The van der Waals surface area contributed by atoms with Crippen LogP contribution in [0.2, 0.25) is 0 Å². The normalized spacial score (nSPS) is 17.1. The van der Waals surface area contributed by atoms with Crippen molar-refractivity contribution in [3.05, 3.63) is 41.4 Å². The van der Waals surface area contributed by atoms with Gasteiger partial charge in [0.25, 0.3) is 0 Å². The first-order valence-corrected chi connectivity index (χ1v) is 5.24. The third kappa shape index (κ3) is 2.18. The zero-order valence-electron chi connectivity index (χ0n) is 9.16. The zero-order chi connectivity index (χ0) is 10.7. The fourth-order valence-electron chi connectivity index (χ4n) is 1.86. The fraction of sp³-hybridized carbons (Fsp3) is 0.417. The van der Waals surface area contributed by atoms with Crippen molar-refractivity contribution < 1.29 is 4.74 Å². The lowest BCUT2D eigenvalue weighted by Gasteiger charge is -2.17. The molecule has 1 aromatic rings. The van der Waals surface area contributed by atoms with Gasteiger partial charge in [0.2, 0.25) is 0 Å². The summed E-state index contributed by atoms with van der Waals surface area (Å²) in [6.07, 6.45) is 5.00. The van der Waals surface area contributed by atoms with E-state index < -0.39 is 0 Å². The Morgan fingerprint density at radius 3 is 3.00 bits per heavy atom. The van der Waals surface area contributed by atoms with E-state index in [1.54, 1.807) is 0 Å². The van der Waals surface area contributed by atoms with Crippen molar-refractivity contribution in [1.82, 2.24) is 10.3 Å². The quantitative estimate of drug-likeness (QED) is 0.817. The second-order valence-corrected chi connectivity index (χ2v) is 3.70. The summed E-state index contributed by atoms with van der Waals surface area (Å²) in [5.41, 5.74) is 2.24. The maximum Gasteiger partial charge on any atom is 0.114 e. The van der Waals surface area contributed by atoms with Crippen LogP contribution in [-0.2, 0) is 4.74 Å². The van der Waals surface area contributed by atoms with E-state index >= 15 is 0 Å². The van der Waals surface area contributed by atoms with Crippen LogP contribution in [0, 0.1) is 6.92 Å². The summed E-state index contributed by atoms with van der Waals surface area (Å²) in [4.78, 5) is 4.20. The van der Waals surface area contributed by atoms with Crippen LogP contribution in [0.1, 0.15) is 23.7 Å². The van der Waals surface area contributed by atoms with Crippen molar-refractivity contribution >= 4 is 0 Å². The van der Waals surface area contributed by atoms with Crippen LogP contribution in [0.25, 0.3) is 0 Å². The van der Waals surface area contributed by atoms with Gasteiger partial charge >= 0.3 is 0 Å². The van der Waals surface area contributed by atoms with Crippen molar-refractivity contribution in [2.24, 2.45) is 0 Å². The number of aryl methyl sites for hydroxylation is 1. The van der Waals surface area contributed by atoms with Crippen molar-refractivity contribution in [3.63, 3.8) is 0 Å². The number of rotatable bonds is 3. The monoisotopic (exact) mass is 204 g/mol. The molecule has 1 N–H and O–H groups in total. The number of hydrogen-bond donors (Lipinski definition) is 1. The molecular formula is C12H16N2O. The maximum atomic E-state index is 5.58. The van der Waals surface area contributed by atoms with E-state index in [1.165, 1.54) is 5.56 Å². The van der Waals surface area contributed by atoms with E-state index in [0.717, 1.165) is 24.5 Å². The summed E-state index contributed by atoms with van der Waals surface area (Å²) in [6, 6.07) is 4.27. The Bertz CT molecular complexity index is 374. The van der Waals surface area contributed by atoms with E-state index in [9.17, 15) is 0 Å². The molecule has 0 fully saturated rings. The number of likely N-dealkylation sites (N-methyl/N-ethyl adjacent to an activating group) is 1. The van der Waals surface area contributed by atoms with Crippen molar-refractivity contribution in [1.29, 1.82) is 0 Å². The molecular weight excluding hydrogens is 188 g/mol. The first-order chi connectivity index (χ1) is 7.31. The number of pyridine rings is 1. The Morgan fingerprint density at radius 1 is 1.53 bits per heavy atom. The lowest BCUT2D eigenvalue weighted by Crippen LogP contribution is -2.19. The predicted molar refractivity (Wildman–Crippen MR) is 59.4 cm³/mol. The lowest BCUT2D eigenvalue weighted by atomic mass is 10.1. The van der Waals surface area contributed by atoms with Crippen LogP contribution >= 0.6 is 0 Å². The average molecular weight is 204 g/mol. The molecule has 0 saturated heterocycles. The molecule has 2 heterocycles. The molecule has 80 valence electrons. The molecule has 3 nitrogen and oxygen atoms in total. The minimum Gasteiger partial charge on any atom is -0.496 e. The minimum absolute atomic E-state index is 0.161. The van der Waals surface area contributed by atoms with Gasteiger partial charge in [-0.2, -0.15) is 0 Å². The molecule has 1 aromatic heterocycles. The van der Waals surface area contributed by atoms with Gasteiger partial charge in [-0.1, -0.05) is 0 Å². The molecule has 0 saturated carbocycles. The molecule has 0 aromatic carbocycles. The highest BCUT2D eigenvalue weighted by atomic mass is 16.5. The van der Waals surface area contributed by atoms with Gasteiger partial charge in [0.05, 0.1) is 12.6 Å². The number of aromatic nitrogens is 1. The van der Waals surface area contributed by atoms with E-state index in [2.05, 4.69) is 22.4 Å². The largest absolute Gasteiger partial charge is 0.496 e. The number of ether oxygens (including phenoxy) is 1. The average Bonchev–Trinajstić information content (AvgIpc) is 2.72. The van der Waals surface area contributed by atoms with Crippen LogP contribution in [0.5, 0.6) is 0 Å². The standard InChI is InChI=1S/C12H16N2O/c1-9-8-10(5-6-14-9)12(13-2)11-4-3-7-15-11/h4-6,8,12-13H,3,7H2,1-2H3. The van der Waals surface area contributed by atoms with Crippen LogP contribution in [0.15, 0.2) is 30.2 Å². The molecule has 0 aliphatic carbocycles. The topological polar surface area (TPSA) is 34.1 Å². The van der Waals surface area contributed by atoms with Gasteiger partial charge in [0.15, 0.2) is 0 Å². The van der Waals surface area contributed by atoms with Crippen LogP contribution < -0.4 is 5.32 Å². The van der Waals surface area contributed by atoms with Gasteiger partial charge in [-0.15, -0.1) is 0 Å². The molecule has 0 amide bonds. The first kappa shape index (κ1) is 10.2. The van der Waals surface area contributed by atoms with Crippen molar-refractivity contribution in [2.45, 2.75) is 19.4 Å². The van der Waals surface area contributed by atoms with Crippen molar-refractivity contribution in [2.75, 3.05) is 13.7 Å². The maximum absolute atomic E-state index is 5.58. The van der Waals surface area contributed by atoms with Gasteiger partial charge in [0, 0.05) is 18.3 Å². The molecule has 0 bridgehead atoms. The molecule has 0 spiro atoms. The van der Waals surface area contributed by atoms with Crippen LogP contribution in [-0.4, -0.2) is 18.6 Å². The van der Waals surface area contributed by atoms with Gasteiger partial charge in [-0.05, 0) is 37.7 Å². The van der Waals surface area contributed by atoms with Gasteiger partial charge in [0.1, 0.15) is 5.76 Å². The Kier molecular flexibility index (Phi) is 3.02. The molecule has 2 rings (SSSR count). The summed E-state index contributed by atoms with van der Waals surface area (Å²) in [5, 5.41) is 3.27. The van der Waals surface area contributed by atoms with Crippen molar-refractivity contribution in [3.8, 4) is 0 Å². The SMILES string of the molecule is CNC(C1=CCCO1)c1ccnc(C)c1. The van der Waals surface area contributed by atoms with Gasteiger partial charge in [-0.25, -0.2) is 0 Å². The second kappa shape index (κ2) is 4.45. The number of nitrogens with zero attached hydrogens (tertiary/aromatic N) is 1. The Labute approximate surface area is 90.2 Å². The molecule has 0 radical (unpaired) electrons. The Morgan fingerprint density at radius 2 is 2.40 bits per heavy atom. The highest BCUT2D eigenvalue weighted by Gasteiger charge is 2.18. The number of nitrogens with one attached hydrogen (secondary N) is 1. The van der Waals surface area contributed by atoms with Crippen LogP contribution in [0.3, 0.4) is 0 Å². The molecule has 1 atom stereocenters. The summed E-state index contributed by atoms with van der Waals surface area (Å²) in [6.45, 7) is 2.80. The fourth-order valence-corrected chi connectivity index (χ4v) is 1.86. The van der Waals surface area contributed by atoms with Gasteiger partial charge in [-0.3, -0.25) is 4.98 Å². The lowest BCUT2D eigenvalue weighted by molar-refractivity contribution is 0.218. The summed E-state index contributed by atoms with van der Waals surface area (Å²) in [7, 11) is 1.95. The summed E-state index contributed by atoms with van der Waals surface area (Å²) < 4.78 is 5.58. The predicted octanol–water partition coefficient (Wildman–Crippen LogP) is 1.95. The zero-order valence-corrected chi connectivity index (χ0v) is 9.16. The molecule has 1 aliphatic rings. The van der Waals surface area contributed by atoms with E-state index in [-0.39, 0.29) is 6.04 Å². The molecule has 3 heteroatoms. The highest BCUT2D eigenvalue weighted by molar-refractivity contribution is 5.26. The Hall–Kier alpha value is -1.35. The second-order valence-electron chi connectivity index (χ2n) is 3.70. The molecule has 1 unspecified atom stereocenters. The minimum atomic E-state index is 0.161. The molecule has 15 heavy (non-hydrogen) atoms. The van der Waals surface area contributed by atoms with E-state index in [1.807, 2.05) is 26.2 Å². The van der Waals surface area contributed by atoms with E-state index in [4.69, 9.17) is 4.74 Å². The third-order valence-electron chi connectivity index (χ3n) is 2.56. The summed E-state index contributed by atoms with van der Waals surface area (Å²) in [5.74, 6) is 1.03. The van der Waals surface area contributed by atoms with Crippen LogP contribution in [0.4, 0.5) is 0 Å².